The standard InChI is InChI=1S/C21H22FN5O3/c1-11(24-21(29)30)18(13-6-7-13)26-20-17(22)9-15(10-23)19(27-20)25-16-5-3-4-14(8-16)12(2)28/h3-5,8-9,11,13,18,24H,6-7H2,1-2H3,(H,29,30)(H2,25,26,27)/t11-,18-/m0/s1. The van der Waals surface area contributed by atoms with Crippen LogP contribution in [-0.2, 0) is 0 Å². The number of nitrogens with one attached hydrogen (secondary N) is 3. The van der Waals surface area contributed by atoms with Crippen LogP contribution in [0.1, 0.15) is 42.6 Å². The quantitative estimate of drug-likeness (QED) is 0.485. The lowest BCUT2D eigenvalue weighted by Crippen LogP contribution is -2.45. The third-order valence-electron chi connectivity index (χ3n) is 4.95. The van der Waals surface area contributed by atoms with Crippen LogP contribution >= 0.6 is 0 Å². The number of ketones is 1. The van der Waals surface area contributed by atoms with Crippen LogP contribution in [0.2, 0.25) is 0 Å². The number of carboxylic acid groups (broad SMARTS) is 1. The number of nitrogens with zero attached hydrogens (tertiary/aromatic N) is 2. The Labute approximate surface area is 173 Å². The maximum Gasteiger partial charge on any atom is 0.404 e. The van der Waals surface area contributed by atoms with E-state index >= 15 is 0 Å². The van der Waals surface area contributed by atoms with Crippen LogP contribution in [0.3, 0.4) is 0 Å². The van der Waals surface area contributed by atoms with Crippen LogP contribution in [-0.4, -0.2) is 34.1 Å². The Bertz CT molecular complexity index is 1020. The van der Waals surface area contributed by atoms with E-state index in [1.165, 1.54) is 6.92 Å². The van der Waals surface area contributed by atoms with Gasteiger partial charge in [-0.25, -0.2) is 14.2 Å². The van der Waals surface area contributed by atoms with Gasteiger partial charge in [-0.05, 0) is 50.8 Å². The zero-order valence-electron chi connectivity index (χ0n) is 16.6. The van der Waals surface area contributed by atoms with Gasteiger partial charge in [0.2, 0.25) is 0 Å². The van der Waals surface area contributed by atoms with Crippen molar-refractivity contribution in [2.45, 2.75) is 38.8 Å². The monoisotopic (exact) mass is 411 g/mol. The van der Waals surface area contributed by atoms with Gasteiger partial charge in [0.25, 0.3) is 0 Å². The summed E-state index contributed by atoms with van der Waals surface area (Å²) in [6.07, 6.45) is 0.657. The molecule has 1 aromatic heterocycles. The minimum Gasteiger partial charge on any atom is -0.465 e. The van der Waals surface area contributed by atoms with E-state index in [0.29, 0.717) is 11.3 Å². The molecule has 2 aromatic rings. The maximum atomic E-state index is 14.6. The first-order valence-electron chi connectivity index (χ1n) is 9.53. The lowest BCUT2D eigenvalue weighted by atomic mass is 10.0. The van der Waals surface area contributed by atoms with Gasteiger partial charge in [-0.15, -0.1) is 0 Å². The highest BCUT2D eigenvalue weighted by Crippen LogP contribution is 2.36. The minimum atomic E-state index is -1.16. The summed E-state index contributed by atoms with van der Waals surface area (Å²) in [6, 6.07) is 8.86. The molecule has 1 aliphatic rings. The molecule has 2 atom stereocenters. The lowest BCUT2D eigenvalue weighted by Gasteiger charge is -2.26. The number of benzene rings is 1. The molecule has 1 amide bonds. The molecule has 8 nitrogen and oxygen atoms in total. The summed E-state index contributed by atoms with van der Waals surface area (Å²) in [5.74, 6) is -0.554. The summed E-state index contributed by atoms with van der Waals surface area (Å²) in [6.45, 7) is 3.15. The highest BCUT2D eigenvalue weighted by molar-refractivity contribution is 5.95. The average molecular weight is 411 g/mol. The van der Waals surface area contributed by atoms with E-state index in [9.17, 15) is 19.2 Å². The summed E-state index contributed by atoms with van der Waals surface area (Å²) in [5.41, 5.74) is 1.02. The van der Waals surface area contributed by atoms with Crippen LogP contribution in [0.25, 0.3) is 0 Å². The predicted molar refractivity (Wildman–Crippen MR) is 109 cm³/mol. The van der Waals surface area contributed by atoms with Crippen molar-refractivity contribution in [2.75, 3.05) is 10.6 Å². The van der Waals surface area contributed by atoms with E-state index in [1.54, 1.807) is 31.2 Å². The molecule has 1 aliphatic carbocycles. The number of Topliss-reactive ketones (excluding diaryl/α,β-unsaturated/α-hetero) is 1. The normalized spacial score (nSPS) is 14.9. The van der Waals surface area contributed by atoms with Crippen molar-refractivity contribution < 1.29 is 19.1 Å². The van der Waals surface area contributed by atoms with Crippen molar-refractivity contribution in [3.8, 4) is 6.07 Å². The third kappa shape index (κ3) is 5.03. The first-order chi connectivity index (χ1) is 14.3. The fourth-order valence-electron chi connectivity index (χ4n) is 3.27. The van der Waals surface area contributed by atoms with Crippen LogP contribution in [0.5, 0.6) is 0 Å². The Morgan fingerprint density at radius 1 is 1.30 bits per heavy atom. The summed E-state index contributed by atoms with van der Waals surface area (Å²) in [5, 5.41) is 26.7. The number of carbonyl (C=O) groups excluding carboxylic acids is 1. The van der Waals surface area contributed by atoms with Gasteiger partial charge in [-0.2, -0.15) is 5.26 Å². The number of anilines is 3. The first-order valence-corrected chi connectivity index (χ1v) is 9.53. The van der Waals surface area contributed by atoms with Crippen molar-refractivity contribution in [1.29, 1.82) is 5.26 Å². The molecule has 9 heteroatoms. The van der Waals surface area contributed by atoms with Gasteiger partial charge < -0.3 is 21.1 Å². The maximum absolute atomic E-state index is 14.6. The van der Waals surface area contributed by atoms with E-state index in [1.807, 2.05) is 6.07 Å². The number of halogens is 1. The van der Waals surface area contributed by atoms with Gasteiger partial charge in [0.15, 0.2) is 23.2 Å². The molecule has 4 N–H and O–H groups in total. The van der Waals surface area contributed by atoms with Crippen LogP contribution in [0.4, 0.5) is 26.5 Å². The number of pyridine rings is 1. The van der Waals surface area contributed by atoms with Gasteiger partial charge in [0, 0.05) is 17.3 Å². The zero-order valence-corrected chi connectivity index (χ0v) is 16.6. The van der Waals surface area contributed by atoms with Gasteiger partial charge in [-0.3, -0.25) is 4.79 Å². The molecule has 0 unspecified atom stereocenters. The fraction of sp³-hybridized carbons (Fsp3) is 0.333. The Morgan fingerprint density at radius 2 is 2.03 bits per heavy atom. The Balaban J connectivity index is 1.89. The largest absolute Gasteiger partial charge is 0.465 e. The van der Waals surface area contributed by atoms with Gasteiger partial charge in [0.1, 0.15) is 6.07 Å². The van der Waals surface area contributed by atoms with Gasteiger partial charge >= 0.3 is 6.09 Å². The number of amides is 1. The minimum absolute atomic E-state index is 0.00552. The molecule has 0 aliphatic heterocycles. The summed E-state index contributed by atoms with van der Waals surface area (Å²) >= 11 is 0. The molecule has 1 saturated carbocycles. The molecule has 0 radical (unpaired) electrons. The van der Waals surface area contributed by atoms with Crippen molar-refractivity contribution >= 4 is 29.2 Å². The fourth-order valence-corrected chi connectivity index (χ4v) is 3.27. The van der Waals surface area contributed by atoms with Gasteiger partial charge in [0.05, 0.1) is 11.6 Å². The van der Waals surface area contributed by atoms with Crippen LogP contribution in [0, 0.1) is 23.1 Å². The summed E-state index contributed by atoms with van der Waals surface area (Å²) in [4.78, 5) is 26.8. The second-order valence-corrected chi connectivity index (χ2v) is 7.33. The first kappa shape index (κ1) is 21.0. The molecular weight excluding hydrogens is 389 g/mol. The smallest absolute Gasteiger partial charge is 0.404 e. The van der Waals surface area contributed by atoms with Gasteiger partial charge in [-0.1, -0.05) is 12.1 Å². The molecule has 1 fully saturated rings. The third-order valence-corrected chi connectivity index (χ3v) is 4.95. The van der Waals surface area contributed by atoms with E-state index in [4.69, 9.17) is 5.11 Å². The zero-order chi connectivity index (χ0) is 21.8. The molecule has 0 bridgehead atoms. The Morgan fingerprint density at radius 3 is 2.63 bits per heavy atom. The predicted octanol–water partition coefficient (Wildman–Crippen LogP) is 3.89. The average Bonchev–Trinajstić information content (AvgIpc) is 3.52. The molecule has 1 aromatic carbocycles. The van der Waals surface area contributed by atoms with Crippen LogP contribution < -0.4 is 16.0 Å². The number of carbonyl (C=O) groups is 2. The molecular formula is C21H22FN5O3. The highest BCUT2D eigenvalue weighted by Gasteiger charge is 2.36. The second kappa shape index (κ2) is 8.78. The van der Waals surface area contributed by atoms with E-state index in [0.717, 1.165) is 18.9 Å². The molecule has 156 valence electrons. The van der Waals surface area contributed by atoms with Crippen molar-refractivity contribution in [2.24, 2.45) is 5.92 Å². The topological polar surface area (TPSA) is 127 Å². The molecule has 30 heavy (non-hydrogen) atoms. The molecule has 0 spiro atoms. The van der Waals surface area contributed by atoms with E-state index < -0.39 is 18.0 Å². The number of hydrogen-bond acceptors (Lipinski definition) is 6. The SMILES string of the molecule is CC(=O)c1cccc(Nc2nc(N[C@H](C3CC3)[C@H](C)NC(=O)O)c(F)cc2C#N)c1. The van der Waals surface area contributed by atoms with Crippen molar-refractivity contribution in [1.82, 2.24) is 10.3 Å². The number of rotatable bonds is 8. The van der Waals surface area contributed by atoms with Crippen molar-refractivity contribution in [3.63, 3.8) is 0 Å². The Kier molecular flexibility index (Phi) is 6.16. The second-order valence-electron chi connectivity index (χ2n) is 7.33. The van der Waals surface area contributed by atoms with E-state index in [2.05, 4.69) is 20.9 Å². The van der Waals surface area contributed by atoms with E-state index in [-0.39, 0.29) is 34.9 Å². The summed E-state index contributed by atoms with van der Waals surface area (Å²) < 4.78 is 14.6. The lowest BCUT2D eigenvalue weighted by molar-refractivity contribution is 0.101. The molecule has 3 rings (SSSR count). The summed E-state index contributed by atoms with van der Waals surface area (Å²) in [7, 11) is 0. The number of aromatic nitrogens is 1. The number of nitriles is 1. The van der Waals surface area contributed by atoms with Crippen molar-refractivity contribution in [3.05, 3.63) is 47.3 Å². The van der Waals surface area contributed by atoms with Crippen LogP contribution in [0.15, 0.2) is 30.3 Å². The highest BCUT2D eigenvalue weighted by atomic mass is 19.1. The number of hydrogen-bond donors (Lipinski definition) is 4. The molecule has 0 saturated heterocycles. The molecule has 1 heterocycles. The Hall–Kier alpha value is -3.67.